The Kier molecular flexibility index (Phi) is 8.38. The van der Waals surface area contributed by atoms with E-state index >= 15 is 0 Å². The minimum Gasteiger partial charge on any atom is -0.356 e. The van der Waals surface area contributed by atoms with Crippen LogP contribution >= 0.6 is 11.8 Å². The van der Waals surface area contributed by atoms with Crippen LogP contribution < -0.4 is 10.6 Å². The van der Waals surface area contributed by atoms with Gasteiger partial charge in [0.15, 0.2) is 5.96 Å². The van der Waals surface area contributed by atoms with Crippen LogP contribution in [-0.2, 0) is 18.4 Å². The predicted octanol–water partition coefficient (Wildman–Crippen LogP) is 1.95. The third-order valence-corrected chi connectivity index (χ3v) is 5.38. The van der Waals surface area contributed by atoms with E-state index in [1.54, 1.807) is 30.8 Å². The summed E-state index contributed by atoms with van der Waals surface area (Å²) in [4.78, 5) is 19.4. The summed E-state index contributed by atoms with van der Waals surface area (Å²) < 4.78 is 1.87. The number of guanidine groups is 1. The van der Waals surface area contributed by atoms with Gasteiger partial charge >= 0.3 is 0 Å². The highest BCUT2D eigenvalue weighted by molar-refractivity contribution is 7.99. The molecular formula is C20H30N6OS. The van der Waals surface area contributed by atoms with Crippen molar-refractivity contribution < 1.29 is 4.79 Å². The second kappa shape index (κ2) is 10.8. The Hall–Kier alpha value is -2.48. The fraction of sp³-hybridized carbons (Fsp3) is 0.450. The number of thioether (sulfide) groups is 1. The maximum Gasteiger partial charge on any atom is 0.241 e. The van der Waals surface area contributed by atoms with Crippen LogP contribution in [0.15, 0.2) is 40.2 Å². The molecule has 0 radical (unpaired) electrons. The van der Waals surface area contributed by atoms with Gasteiger partial charge in [-0.25, -0.2) is 4.99 Å². The lowest BCUT2D eigenvalue weighted by Crippen LogP contribution is -2.43. The van der Waals surface area contributed by atoms with Crippen LogP contribution in [0.25, 0.3) is 0 Å². The molecule has 0 aliphatic carbocycles. The second-order valence-corrected chi connectivity index (χ2v) is 7.84. The molecular weight excluding hydrogens is 372 g/mol. The molecule has 1 heterocycles. The Morgan fingerprint density at radius 2 is 1.93 bits per heavy atom. The molecule has 1 aromatic carbocycles. The number of amides is 1. The fourth-order valence-electron chi connectivity index (χ4n) is 2.55. The third kappa shape index (κ3) is 6.60. The Morgan fingerprint density at radius 1 is 1.21 bits per heavy atom. The molecule has 0 saturated carbocycles. The molecule has 0 saturated heterocycles. The molecule has 0 unspecified atom stereocenters. The average molecular weight is 403 g/mol. The van der Waals surface area contributed by atoms with Crippen LogP contribution in [0.3, 0.4) is 0 Å². The maximum absolute atomic E-state index is 11.9. The lowest BCUT2D eigenvalue weighted by atomic mass is 10.2. The second-order valence-electron chi connectivity index (χ2n) is 6.67. The summed E-state index contributed by atoms with van der Waals surface area (Å²) in [6.45, 7) is 5.49. The van der Waals surface area contributed by atoms with E-state index in [9.17, 15) is 4.79 Å². The molecule has 152 valence electrons. The summed E-state index contributed by atoms with van der Waals surface area (Å²) in [7, 11) is 5.42. The molecule has 1 aromatic heterocycles. The third-order valence-electron chi connectivity index (χ3n) is 4.37. The molecule has 2 N–H and O–H groups in total. The van der Waals surface area contributed by atoms with E-state index < -0.39 is 0 Å². The van der Waals surface area contributed by atoms with E-state index in [0.717, 1.165) is 29.2 Å². The number of aromatic nitrogens is 2. The normalized spacial score (nSPS) is 11.4. The molecule has 0 bridgehead atoms. The zero-order valence-corrected chi connectivity index (χ0v) is 18.1. The van der Waals surface area contributed by atoms with Crippen molar-refractivity contribution in [1.29, 1.82) is 0 Å². The standard InChI is InChI=1S/C20H30N6OS/c1-15-18(16(2)26(5)24-15)13-22-20(23-14-19(27)25(3)4)21-11-12-28-17-9-7-6-8-10-17/h6-10H,11-14H2,1-5H3,(H2,21,22,23). The Labute approximate surface area is 171 Å². The Morgan fingerprint density at radius 3 is 2.54 bits per heavy atom. The predicted molar refractivity (Wildman–Crippen MR) is 116 cm³/mol. The molecule has 8 heteroatoms. The molecule has 0 fully saturated rings. The molecule has 28 heavy (non-hydrogen) atoms. The average Bonchev–Trinajstić information content (AvgIpc) is 2.92. The van der Waals surface area contributed by atoms with Crippen molar-refractivity contribution in [3.05, 3.63) is 47.3 Å². The van der Waals surface area contributed by atoms with Crippen LogP contribution in [0.5, 0.6) is 0 Å². The SMILES string of the molecule is Cc1nn(C)c(C)c1CN=C(NCCSc1ccccc1)NCC(=O)N(C)C. The first-order valence-corrected chi connectivity index (χ1v) is 10.3. The Balaban J connectivity index is 1.96. The molecule has 0 aliphatic rings. The van der Waals surface area contributed by atoms with Crippen molar-refractivity contribution in [1.82, 2.24) is 25.3 Å². The van der Waals surface area contributed by atoms with Crippen LogP contribution in [0.2, 0.25) is 0 Å². The maximum atomic E-state index is 11.9. The smallest absolute Gasteiger partial charge is 0.241 e. The van der Waals surface area contributed by atoms with E-state index in [1.807, 2.05) is 43.8 Å². The van der Waals surface area contributed by atoms with Gasteiger partial charge in [-0.2, -0.15) is 5.10 Å². The van der Waals surface area contributed by atoms with Crippen molar-refractivity contribution in [3.8, 4) is 0 Å². The number of rotatable bonds is 8. The van der Waals surface area contributed by atoms with Crippen molar-refractivity contribution in [2.75, 3.05) is 32.9 Å². The number of nitrogens with one attached hydrogen (secondary N) is 2. The Bertz CT molecular complexity index is 801. The van der Waals surface area contributed by atoms with Crippen LogP contribution in [-0.4, -0.2) is 59.5 Å². The van der Waals surface area contributed by atoms with Gasteiger partial charge in [0, 0.05) is 49.6 Å². The molecule has 2 aromatic rings. The van der Waals surface area contributed by atoms with E-state index in [0.29, 0.717) is 12.5 Å². The first-order chi connectivity index (χ1) is 13.4. The number of carbonyl (C=O) groups is 1. The number of aryl methyl sites for hydroxylation is 2. The number of benzene rings is 1. The van der Waals surface area contributed by atoms with Gasteiger partial charge < -0.3 is 15.5 Å². The lowest BCUT2D eigenvalue weighted by molar-refractivity contribution is -0.127. The summed E-state index contributed by atoms with van der Waals surface area (Å²) >= 11 is 1.78. The van der Waals surface area contributed by atoms with Gasteiger partial charge in [0.1, 0.15) is 0 Å². The molecule has 7 nitrogen and oxygen atoms in total. The minimum absolute atomic E-state index is 0.00176. The van der Waals surface area contributed by atoms with Crippen molar-refractivity contribution >= 4 is 23.6 Å². The van der Waals surface area contributed by atoms with E-state index in [-0.39, 0.29) is 12.5 Å². The van der Waals surface area contributed by atoms with E-state index in [2.05, 4.69) is 32.9 Å². The molecule has 1 amide bonds. The van der Waals surface area contributed by atoms with Gasteiger partial charge in [-0.05, 0) is 26.0 Å². The monoisotopic (exact) mass is 402 g/mol. The first kappa shape index (κ1) is 21.8. The molecule has 0 aliphatic heterocycles. The number of hydrogen-bond acceptors (Lipinski definition) is 4. The summed E-state index contributed by atoms with van der Waals surface area (Å²) in [5, 5.41) is 10.9. The number of likely N-dealkylation sites (N-methyl/N-ethyl adjacent to an activating group) is 1. The zero-order valence-electron chi connectivity index (χ0n) is 17.3. The number of hydrogen-bond donors (Lipinski definition) is 2. The summed E-state index contributed by atoms with van der Waals surface area (Å²) in [6, 6.07) is 10.3. The van der Waals surface area contributed by atoms with Gasteiger partial charge in [-0.15, -0.1) is 11.8 Å². The van der Waals surface area contributed by atoms with Crippen LogP contribution in [0.1, 0.15) is 17.0 Å². The summed E-state index contributed by atoms with van der Waals surface area (Å²) in [5.74, 6) is 1.53. The number of aliphatic imine (C=N–C) groups is 1. The van der Waals surface area contributed by atoms with Crippen LogP contribution in [0, 0.1) is 13.8 Å². The molecule has 0 spiro atoms. The highest BCUT2D eigenvalue weighted by Gasteiger charge is 2.10. The topological polar surface area (TPSA) is 74.5 Å². The van der Waals surface area contributed by atoms with E-state index in [4.69, 9.17) is 0 Å². The highest BCUT2D eigenvalue weighted by Crippen LogP contribution is 2.16. The summed E-state index contributed by atoms with van der Waals surface area (Å²) in [6.07, 6.45) is 0. The van der Waals surface area contributed by atoms with Gasteiger partial charge in [0.05, 0.1) is 18.8 Å². The van der Waals surface area contributed by atoms with Crippen molar-refractivity contribution in [2.24, 2.45) is 12.0 Å². The summed E-state index contributed by atoms with van der Waals surface area (Å²) in [5.41, 5.74) is 3.19. The van der Waals surface area contributed by atoms with Crippen molar-refractivity contribution in [3.63, 3.8) is 0 Å². The van der Waals surface area contributed by atoms with Gasteiger partial charge in [0.25, 0.3) is 0 Å². The van der Waals surface area contributed by atoms with E-state index in [1.165, 1.54) is 4.90 Å². The van der Waals surface area contributed by atoms with Crippen LogP contribution in [0.4, 0.5) is 0 Å². The van der Waals surface area contributed by atoms with Gasteiger partial charge in [-0.3, -0.25) is 9.48 Å². The first-order valence-electron chi connectivity index (χ1n) is 9.27. The highest BCUT2D eigenvalue weighted by atomic mass is 32.2. The van der Waals surface area contributed by atoms with Gasteiger partial charge in [0.2, 0.25) is 5.91 Å². The fourth-order valence-corrected chi connectivity index (χ4v) is 3.34. The van der Waals surface area contributed by atoms with Crippen molar-refractivity contribution in [2.45, 2.75) is 25.3 Å². The van der Waals surface area contributed by atoms with Gasteiger partial charge in [-0.1, -0.05) is 18.2 Å². The molecule has 0 atom stereocenters. The largest absolute Gasteiger partial charge is 0.356 e. The lowest BCUT2D eigenvalue weighted by Gasteiger charge is -2.15. The number of nitrogens with zero attached hydrogens (tertiary/aromatic N) is 4. The quantitative estimate of drug-likeness (QED) is 0.306. The molecule has 2 rings (SSSR count). The minimum atomic E-state index is 0.00176. The zero-order chi connectivity index (χ0) is 20.5. The number of carbonyl (C=O) groups excluding carboxylic acids is 1.